The molecule has 2 aromatic carbocycles. The van der Waals surface area contributed by atoms with E-state index in [4.69, 9.17) is 4.74 Å². The van der Waals surface area contributed by atoms with Crippen LogP contribution in [-0.2, 0) is 30.3 Å². The number of cyclic esters (lactones) is 1. The molecular weight excluding hydrogens is 642 g/mol. The Balaban J connectivity index is 2.03. The number of carbonyl (C=O) groups is 4. The normalized spacial score (nSPS) is 27.6. The van der Waals surface area contributed by atoms with Gasteiger partial charge in [0.15, 0.2) is 0 Å². The zero-order valence-electron chi connectivity index (χ0n) is 26.7. The van der Waals surface area contributed by atoms with Gasteiger partial charge >= 0.3 is 5.97 Å². The molecule has 10 nitrogen and oxygen atoms in total. The van der Waals surface area contributed by atoms with Crippen LogP contribution >= 0.6 is 15.9 Å². The Kier molecular flexibility index (Phi) is 12.6. The first-order valence-corrected chi connectivity index (χ1v) is 15.9. The summed E-state index contributed by atoms with van der Waals surface area (Å²) in [5.74, 6) is -2.06. The van der Waals surface area contributed by atoms with E-state index < -0.39 is 47.9 Å². The number of carbonyl (C=O) groups excluding carboxylic acids is 4. The molecule has 0 aliphatic carbocycles. The summed E-state index contributed by atoms with van der Waals surface area (Å²) in [5, 5.41) is 25.6. The maximum Gasteiger partial charge on any atom is 0.308 e. The van der Waals surface area contributed by atoms with Gasteiger partial charge in [0, 0.05) is 19.4 Å². The van der Waals surface area contributed by atoms with Gasteiger partial charge in [-0.15, -0.1) is 0 Å². The Morgan fingerprint density at radius 2 is 1.60 bits per heavy atom. The summed E-state index contributed by atoms with van der Waals surface area (Å²) in [5.41, 5.74) is 2.24. The molecule has 6 atom stereocenters. The minimum atomic E-state index is -1.05. The molecule has 0 saturated carbocycles. The summed E-state index contributed by atoms with van der Waals surface area (Å²) < 4.78 is 6.17. The highest BCUT2D eigenvalue weighted by atomic mass is 79.9. The van der Waals surface area contributed by atoms with Crippen LogP contribution in [0, 0.1) is 11.8 Å². The van der Waals surface area contributed by atoms with E-state index in [1.807, 2.05) is 20.8 Å². The van der Waals surface area contributed by atoms with Gasteiger partial charge in [0.25, 0.3) is 0 Å². The topological polar surface area (TPSA) is 145 Å². The van der Waals surface area contributed by atoms with Crippen molar-refractivity contribution in [3.8, 4) is 11.5 Å². The average molecular weight is 687 g/mol. The SMILES string of the molecule is C/C1=C\[C@H](C)C[C@H](C)OC(=O)C[C@H](c2ccc(O)cc2)NC(=O)[C@@H](Cc2ccc(O)c(Br)c2)N(C)C(=O)[C@H](C)NC(=O)[C@@H](C)C1. The third-order valence-corrected chi connectivity index (χ3v) is 8.59. The van der Waals surface area contributed by atoms with Crippen molar-refractivity contribution in [1.29, 1.82) is 0 Å². The summed E-state index contributed by atoms with van der Waals surface area (Å²) in [6.07, 6.45) is 2.63. The number of benzene rings is 2. The molecule has 3 rings (SSSR count). The average Bonchev–Trinajstić information content (AvgIpc) is 2.95. The lowest BCUT2D eigenvalue weighted by Gasteiger charge is -2.32. The van der Waals surface area contributed by atoms with Gasteiger partial charge in [0.2, 0.25) is 17.7 Å². The van der Waals surface area contributed by atoms with Gasteiger partial charge in [-0.3, -0.25) is 19.2 Å². The van der Waals surface area contributed by atoms with Crippen LogP contribution in [0.3, 0.4) is 0 Å². The molecule has 0 bridgehead atoms. The molecule has 244 valence electrons. The second kappa shape index (κ2) is 15.9. The number of aromatic hydroxyl groups is 2. The first-order chi connectivity index (χ1) is 21.1. The lowest BCUT2D eigenvalue weighted by Crippen LogP contribution is -2.55. The molecule has 1 heterocycles. The first kappa shape index (κ1) is 35.6. The van der Waals surface area contributed by atoms with E-state index in [-0.39, 0.29) is 36.2 Å². The molecule has 2 aromatic rings. The predicted molar refractivity (Wildman–Crippen MR) is 174 cm³/mol. The maximum absolute atomic E-state index is 14.0. The maximum atomic E-state index is 14.0. The van der Waals surface area contributed by atoms with E-state index in [9.17, 15) is 29.4 Å². The van der Waals surface area contributed by atoms with Gasteiger partial charge in [-0.05, 0) is 90.9 Å². The van der Waals surface area contributed by atoms with Crippen LogP contribution in [0.25, 0.3) is 0 Å². The third kappa shape index (κ3) is 10.3. The number of phenolic OH excluding ortho intramolecular Hbond substituents is 2. The van der Waals surface area contributed by atoms with Gasteiger partial charge < -0.3 is 30.5 Å². The number of hydrogen-bond acceptors (Lipinski definition) is 7. The first-order valence-electron chi connectivity index (χ1n) is 15.1. The van der Waals surface area contributed by atoms with Crippen molar-refractivity contribution in [2.24, 2.45) is 11.8 Å². The molecule has 0 fully saturated rings. The smallest absolute Gasteiger partial charge is 0.308 e. The summed E-state index contributed by atoms with van der Waals surface area (Å²) in [6, 6.07) is 8.17. The zero-order chi connectivity index (χ0) is 33.4. The molecule has 0 aromatic heterocycles. The number of halogens is 1. The van der Waals surface area contributed by atoms with E-state index in [0.717, 1.165) is 5.57 Å². The third-order valence-electron chi connectivity index (χ3n) is 7.95. The Hall–Kier alpha value is -3.86. The summed E-state index contributed by atoms with van der Waals surface area (Å²) in [4.78, 5) is 55.2. The number of amides is 3. The summed E-state index contributed by atoms with van der Waals surface area (Å²) >= 11 is 3.30. The predicted octanol–water partition coefficient (Wildman–Crippen LogP) is 4.93. The van der Waals surface area contributed by atoms with Gasteiger partial charge in [0.05, 0.1) is 23.0 Å². The number of hydrogen-bond donors (Lipinski definition) is 4. The van der Waals surface area contributed by atoms with E-state index in [1.54, 1.807) is 38.1 Å². The molecular formula is C34H44BrN3O7. The summed E-state index contributed by atoms with van der Waals surface area (Å²) in [7, 11) is 1.50. The number of nitrogens with zero attached hydrogens (tertiary/aromatic N) is 1. The molecule has 1 aliphatic rings. The number of allylic oxidation sites excluding steroid dienone is 2. The summed E-state index contributed by atoms with van der Waals surface area (Å²) in [6.45, 7) is 9.17. The fraction of sp³-hybridized carbons (Fsp3) is 0.471. The van der Waals surface area contributed by atoms with Gasteiger partial charge in [-0.1, -0.05) is 43.7 Å². The van der Waals surface area contributed by atoms with Crippen LogP contribution < -0.4 is 10.6 Å². The number of ether oxygens (including phenoxy) is 1. The van der Waals surface area contributed by atoms with Crippen molar-refractivity contribution in [1.82, 2.24) is 15.5 Å². The van der Waals surface area contributed by atoms with E-state index in [1.165, 1.54) is 30.1 Å². The highest BCUT2D eigenvalue weighted by Crippen LogP contribution is 2.27. The number of nitrogens with one attached hydrogen (secondary N) is 2. The van der Waals surface area contributed by atoms with Crippen LogP contribution in [0.5, 0.6) is 11.5 Å². The second-order valence-electron chi connectivity index (χ2n) is 12.2. The van der Waals surface area contributed by atoms with Crippen LogP contribution in [0.15, 0.2) is 58.6 Å². The Labute approximate surface area is 273 Å². The number of likely N-dealkylation sites (N-methyl/N-ethyl adjacent to an activating group) is 1. The van der Waals surface area contributed by atoms with Crippen molar-refractivity contribution in [2.45, 2.75) is 84.5 Å². The highest BCUT2D eigenvalue weighted by molar-refractivity contribution is 9.10. The molecule has 3 amide bonds. The van der Waals surface area contributed by atoms with E-state index >= 15 is 0 Å². The lowest BCUT2D eigenvalue weighted by molar-refractivity contribution is -0.149. The molecule has 45 heavy (non-hydrogen) atoms. The number of rotatable bonds is 3. The van der Waals surface area contributed by atoms with Gasteiger partial charge in [-0.2, -0.15) is 0 Å². The van der Waals surface area contributed by atoms with Crippen molar-refractivity contribution >= 4 is 39.6 Å². The van der Waals surface area contributed by atoms with E-state index in [2.05, 4.69) is 32.6 Å². The zero-order valence-corrected chi connectivity index (χ0v) is 28.3. The van der Waals surface area contributed by atoms with Crippen LogP contribution in [0.2, 0.25) is 0 Å². The van der Waals surface area contributed by atoms with Crippen LogP contribution in [0.1, 0.15) is 71.0 Å². The Morgan fingerprint density at radius 3 is 2.24 bits per heavy atom. The monoisotopic (exact) mass is 685 g/mol. The molecule has 0 radical (unpaired) electrons. The second-order valence-corrected chi connectivity index (χ2v) is 13.0. The van der Waals surface area contributed by atoms with Crippen LogP contribution in [-0.4, -0.2) is 64.0 Å². The Bertz CT molecular complexity index is 1410. The molecule has 0 spiro atoms. The fourth-order valence-electron chi connectivity index (χ4n) is 5.62. The minimum Gasteiger partial charge on any atom is -0.508 e. The number of phenols is 2. The van der Waals surface area contributed by atoms with Crippen LogP contribution in [0.4, 0.5) is 0 Å². The quantitative estimate of drug-likeness (QED) is 0.265. The molecule has 0 saturated heterocycles. The number of esters is 1. The molecule has 11 heteroatoms. The Morgan fingerprint density at radius 1 is 0.933 bits per heavy atom. The standard InChI is InChI=1S/C34H44BrN3O7/c1-19-13-20(2)15-22(4)45-31(41)18-28(25-8-10-26(39)11-9-25)37-33(43)29(17-24-7-12-30(40)27(35)16-24)38(6)34(44)23(5)36-32(42)21(3)14-19/h7-13,16,20-23,28-29,39-40H,14-15,17-18H2,1-6H3,(H,36,42)(H,37,43)/b19-13+/t20-,21-,22-,23-,28+,29+/m0/s1. The van der Waals surface area contributed by atoms with Crippen molar-refractivity contribution < 1.29 is 34.1 Å². The van der Waals surface area contributed by atoms with Gasteiger partial charge in [0.1, 0.15) is 23.6 Å². The van der Waals surface area contributed by atoms with Gasteiger partial charge in [-0.25, -0.2) is 0 Å². The van der Waals surface area contributed by atoms with Crippen molar-refractivity contribution in [2.75, 3.05) is 7.05 Å². The highest BCUT2D eigenvalue weighted by Gasteiger charge is 2.33. The fourth-order valence-corrected chi connectivity index (χ4v) is 6.04. The minimum absolute atomic E-state index is 0.0261. The van der Waals surface area contributed by atoms with E-state index in [0.29, 0.717) is 28.4 Å². The lowest BCUT2D eigenvalue weighted by atomic mass is 9.95. The molecule has 4 N–H and O–H groups in total. The van der Waals surface area contributed by atoms with Crippen molar-refractivity contribution in [3.63, 3.8) is 0 Å². The van der Waals surface area contributed by atoms with Crippen molar-refractivity contribution in [3.05, 3.63) is 69.7 Å². The molecule has 0 unspecified atom stereocenters. The molecule has 1 aliphatic heterocycles. The largest absolute Gasteiger partial charge is 0.508 e.